The van der Waals surface area contributed by atoms with E-state index in [1.807, 2.05) is 24.3 Å². The molecule has 0 radical (unpaired) electrons. The van der Waals surface area contributed by atoms with E-state index in [1.165, 1.54) is 12.3 Å². The number of carbonyl (C=O) groups excluding carboxylic acids is 1. The van der Waals surface area contributed by atoms with Crippen LogP contribution in [0.2, 0.25) is 0 Å². The van der Waals surface area contributed by atoms with Crippen LogP contribution in [-0.4, -0.2) is 34.7 Å². The molecule has 0 unspecified atom stereocenters. The first-order valence-electron chi connectivity index (χ1n) is 8.32. The van der Waals surface area contributed by atoms with Gasteiger partial charge in [-0.1, -0.05) is 30.3 Å². The Morgan fingerprint density at radius 3 is 2.62 bits per heavy atom. The molecule has 1 aromatic heterocycles. The Morgan fingerprint density at radius 1 is 1.19 bits per heavy atom. The van der Waals surface area contributed by atoms with Crippen molar-refractivity contribution in [3.8, 4) is 5.75 Å². The first-order valence-corrected chi connectivity index (χ1v) is 8.32. The van der Waals surface area contributed by atoms with Crippen LogP contribution in [0.5, 0.6) is 5.75 Å². The number of nitrogens with zero attached hydrogens (tertiary/aromatic N) is 2. The minimum absolute atomic E-state index is 0.185. The third-order valence-corrected chi connectivity index (χ3v) is 4.18. The molecule has 1 N–H and O–H groups in total. The monoisotopic (exact) mass is 353 g/mol. The molecule has 0 saturated heterocycles. The van der Waals surface area contributed by atoms with Gasteiger partial charge in [-0.3, -0.25) is 9.89 Å². The fraction of sp³-hybridized carbons (Fsp3) is 0.200. The van der Waals surface area contributed by atoms with Crippen molar-refractivity contribution < 1.29 is 13.9 Å². The van der Waals surface area contributed by atoms with Gasteiger partial charge >= 0.3 is 0 Å². The van der Waals surface area contributed by atoms with Crippen LogP contribution in [-0.2, 0) is 13.0 Å². The van der Waals surface area contributed by atoms with E-state index in [-0.39, 0.29) is 18.3 Å². The van der Waals surface area contributed by atoms with Crippen LogP contribution in [0.15, 0.2) is 60.9 Å². The number of rotatable bonds is 7. The summed E-state index contributed by atoms with van der Waals surface area (Å²) in [5.41, 5.74) is 2.01. The molecule has 3 aromatic rings. The molecule has 0 aliphatic rings. The maximum absolute atomic E-state index is 14.0. The third-order valence-electron chi connectivity index (χ3n) is 4.18. The minimum atomic E-state index is -0.318. The topological polar surface area (TPSA) is 58.2 Å². The first-order chi connectivity index (χ1) is 12.7. The molecule has 0 saturated carbocycles. The Balaban J connectivity index is 1.75. The number of carbonyl (C=O) groups is 1. The molecule has 3 rings (SSSR count). The standard InChI is InChI=1S/C20H20FN3O2/c1-26-18-8-6-15(7-9-18)10-11-24(20(25)17-12-22-23-13-17)14-16-4-2-3-5-19(16)21/h2-9,12-13H,10-11,14H2,1H3,(H,22,23). The second kappa shape index (κ2) is 8.29. The van der Waals surface area contributed by atoms with Crippen LogP contribution in [0.3, 0.4) is 0 Å². The molecular weight excluding hydrogens is 333 g/mol. The van der Waals surface area contributed by atoms with Gasteiger partial charge in [0, 0.05) is 24.8 Å². The molecule has 6 heteroatoms. The van der Waals surface area contributed by atoms with Gasteiger partial charge in [0.15, 0.2) is 0 Å². The van der Waals surface area contributed by atoms with Crippen LogP contribution in [0.4, 0.5) is 4.39 Å². The van der Waals surface area contributed by atoms with Gasteiger partial charge in [-0.2, -0.15) is 5.10 Å². The zero-order valence-corrected chi connectivity index (χ0v) is 14.5. The van der Waals surface area contributed by atoms with Gasteiger partial charge in [0.1, 0.15) is 11.6 Å². The quantitative estimate of drug-likeness (QED) is 0.708. The van der Waals surface area contributed by atoms with Gasteiger partial charge in [0.2, 0.25) is 0 Å². The maximum Gasteiger partial charge on any atom is 0.257 e. The molecule has 1 amide bonds. The number of amides is 1. The third kappa shape index (κ3) is 4.27. The van der Waals surface area contributed by atoms with E-state index in [2.05, 4.69) is 10.2 Å². The Labute approximate surface area is 151 Å². The van der Waals surface area contributed by atoms with Gasteiger partial charge in [0.05, 0.1) is 18.9 Å². The lowest BCUT2D eigenvalue weighted by atomic mass is 10.1. The molecule has 2 aromatic carbocycles. The van der Waals surface area contributed by atoms with Gasteiger partial charge in [0.25, 0.3) is 5.91 Å². The summed E-state index contributed by atoms with van der Waals surface area (Å²) in [5.74, 6) is 0.281. The lowest BCUT2D eigenvalue weighted by Crippen LogP contribution is -2.32. The van der Waals surface area contributed by atoms with E-state index in [0.717, 1.165) is 11.3 Å². The number of H-pyrrole nitrogens is 1. The summed E-state index contributed by atoms with van der Waals surface area (Å²) in [6.07, 6.45) is 3.68. The fourth-order valence-electron chi connectivity index (χ4n) is 2.69. The number of halogens is 1. The highest BCUT2D eigenvalue weighted by Crippen LogP contribution is 2.15. The SMILES string of the molecule is COc1ccc(CCN(Cc2ccccc2F)C(=O)c2cn[nH]c2)cc1. The Morgan fingerprint density at radius 2 is 1.96 bits per heavy atom. The summed E-state index contributed by atoms with van der Waals surface area (Å²) >= 11 is 0. The molecule has 0 aliphatic carbocycles. The van der Waals surface area contributed by atoms with Crippen LogP contribution < -0.4 is 4.74 Å². The second-order valence-electron chi connectivity index (χ2n) is 5.90. The van der Waals surface area contributed by atoms with E-state index in [0.29, 0.717) is 24.1 Å². The van der Waals surface area contributed by atoms with Crippen LogP contribution in [0, 0.1) is 5.82 Å². The second-order valence-corrected chi connectivity index (χ2v) is 5.90. The van der Waals surface area contributed by atoms with Crippen molar-refractivity contribution in [3.05, 3.63) is 83.4 Å². The van der Waals surface area contributed by atoms with E-state index < -0.39 is 0 Å². The van der Waals surface area contributed by atoms with E-state index >= 15 is 0 Å². The smallest absolute Gasteiger partial charge is 0.257 e. The zero-order valence-electron chi connectivity index (χ0n) is 14.5. The highest BCUT2D eigenvalue weighted by molar-refractivity contribution is 5.93. The summed E-state index contributed by atoms with van der Waals surface area (Å²) in [4.78, 5) is 14.4. The largest absolute Gasteiger partial charge is 0.497 e. The van der Waals surface area contributed by atoms with Crippen LogP contribution in [0.25, 0.3) is 0 Å². The van der Waals surface area contributed by atoms with Crippen molar-refractivity contribution in [1.29, 1.82) is 0 Å². The number of methoxy groups -OCH3 is 1. The number of aromatic amines is 1. The molecule has 5 nitrogen and oxygen atoms in total. The minimum Gasteiger partial charge on any atom is -0.497 e. The normalized spacial score (nSPS) is 10.5. The van der Waals surface area contributed by atoms with Gasteiger partial charge in [-0.15, -0.1) is 0 Å². The number of aromatic nitrogens is 2. The highest BCUT2D eigenvalue weighted by atomic mass is 19.1. The Hall–Kier alpha value is -3.15. The Bertz CT molecular complexity index is 848. The predicted octanol–water partition coefficient (Wildman–Crippen LogP) is 3.44. The number of hydrogen-bond acceptors (Lipinski definition) is 3. The number of hydrogen-bond donors (Lipinski definition) is 1. The molecule has 134 valence electrons. The fourth-order valence-corrected chi connectivity index (χ4v) is 2.69. The first kappa shape index (κ1) is 17.7. The van der Waals surface area contributed by atoms with Crippen molar-refractivity contribution in [2.45, 2.75) is 13.0 Å². The summed E-state index contributed by atoms with van der Waals surface area (Å²) in [6, 6.07) is 14.2. The summed E-state index contributed by atoms with van der Waals surface area (Å²) < 4.78 is 19.2. The van der Waals surface area contributed by atoms with Crippen molar-refractivity contribution in [2.75, 3.05) is 13.7 Å². The number of ether oxygens (including phenoxy) is 1. The van der Waals surface area contributed by atoms with Crippen molar-refractivity contribution in [2.24, 2.45) is 0 Å². The average Bonchev–Trinajstić information content (AvgIpc) is 3.21. The molecule has 1 heterocycles. The van der Waals surface area contributed by atoms with E-state index in [1.54, 1.807) is 36.4 Å². The average molecular weight is 353 g/mol. The molecule has 0 aliphatic heterocycles. The summed E-state index contributed by atoms with van der Waals surface area (Å²) in [7, 11) is 1.62. The molecule has 0 bridgehead atoms. The van der Waals surface area contributed by atoms with Crippen LogP contribution in [0.1, 0.15) is 21.5 Å². The Kier molecular flexibility index (Phi) is 5.63. The number of nitrogens with one attached hydrogen (secondary N) is 1. The van der Waals surface area contributed by atoms with Gasteiger partial charge < -0.3 is 9.64 Å². The number of benzene rings is 2. The van der Waals surface area contributed by atoms with E-state index in [4.69, 9.17) is 4.74 Å². The van der Waals surface area contributed by atoms with E-state index in [9.17, 15) is 9.18 Å². The lowest BCUT2D eigenvalue weighted by Gasteiger charge is -2.22. The summed E-state index contributed by atoms with van der Waals surface area (Å²) in [6.45, 7) is 0.664. The molecule has 0 atom stereocenters. The highest BCUT2D eigenvalue weighted by Gasteiger charge is 2.18. The van der Waals surface area contributed by atoms with Crippen molar-refractivity contribution in [1.82, 2.24) is 15.1 Å². The van der Waals surface area contributed by atoms with Crippen LogP contribution >= 0.6 is 0 Å². The molecule has 0 fully saturated rings. The van der Waals surface area contributed by atoms with Gasteiger partial charge in [-0.05, 0) is 30.2 Å². The zero-order chi connectivity index (χ0) is 18.4. The molecule has 26 heavy (non-hydrogen) atoms. The molecule has 0 spiro atoms. The lowest BCUT2D eigenvalue weighted by molar-refractivity contribution is 0.0743. The predicted molar refractivity (Wildman–Crippen MR) is 96.4 cm³/mol. The van der Waals surface area contributed by atoms with Crippen molar-refractivity contribution >= 4 is 5.91 Å². The van der Waals surface area contributed by atoms with Gasteiger partial charge in [-0.25, -0.2) is 4.39 Å². The van der Waals surface area contributed by atoms with Crippen molar-refractivity contribution in [3.63, 3.8) is 0 Å². The maximum atomic E-state index is 14.0. The summed E-state index contributed by atoms with van der Waals surface area (Å²) in [5, 5.41) is 6.47. The molecular formula is C20H20FN3O2.